The van der Waals surface area contributed by atoms with Crippen LogP contribution in [0.15, 0.2) is 53.4 Å². The molecule has 0 bridgehead atoms. The topological polar surface area (TPSA) is 66.8 Å². The Labute approximate surface area is 191 Å². The number of Topliss-reactive ketones (excluding diaryl/α,β-unsaturated/α-hetero) is 1. The van der Waals surface area contributed by atoms with E-state index in [0.29, 0.717) is 10.4 Å². The smallest absolute Gasteiger partial charge is 0.300 e. The van der Waals surface area contributed by atoms with E-state index in [9.17, 15) is 23.5 Å². The van der Waals surface area contributed by atoms with Gasteiger partial charge in [-0.05, 0) is 48.2 Å². The summed E-state index contributed by atoms with van der Waals surface area (Å²) in [6.07, 6.45) is 0. The van der Waals surface area contributed by atoms with Crippen LogP contribution in [0.2, 0.25) is 5.02 Å². The van der Waals surface area contributed by atoms with Crippen molar-refractivity contribution in [2.75, 3.05) is 12.0 Å². The molecule has 32 heavy (non-hydrogen) atoms. The average molecular weight is 476 g/mol. The lowest BCUT2D eigenvalue weighted by atomic mass is 9.98. The summed E-state index contributed by atoms with van der Waals surface area (Å²) in [5.74, 6) is -4.20. The molecule has 1 saturated heterocycles. The third kappa shape index (κ3) is 3.55. The van der Waals surface area contributed by atoms with Crippen LogP contribution in [0.25, 0.3) is 5.76 Å². The number of halogens is 3. The van der Waals surface area contributed by atoms with Gasteiger partial charge in [-0.1, -0.05) is 17.7 Å². The Kier molecular flexibility index (Phi) is 5.75. The highest BCUT2D eigenvalue weighted by molar-refractivity contribution is 7.10. The molecule has 3 aromatic rings. The molecule has 0 spiro atoms. The van der Waals surface area contributed by atoms with Gasteiger partial charge < -0.3 is 9.84 Å². The van der Waals surface area contributed by atoms with Crippen molar-refractivity contribution in [1.82, 2.24) is 0 Å². The predicted molar refractivity (Wildman–Crippen MR) is 118 cm³/mol. The number of nitrogens with zero attached hydrogens (tertiary/aromatic N) is 1. The molecule has 1 aliphatic heterocycles. The zero-order valence-corrected chi connectivity index (χ0v) is 18.4. The predicted octanol–water partition coefficient (Wildman–Crippen LogP) is 5.62. The van der Waals surface area contributed by atoms with Gasteiger partial charge in [0.1, 0.15) is 29.2 Å². The van der Waals surface area contributed by atoms with Crippen molar-refractivity contribution in [2.45, 2.75) is 13.0 Å². The molecule has 0 aliphatic carbocycles. The number of benzene rings is 2. The number of carbonyl (C=O) groups excluding carboxylic acids is 2. The molecule has 1 fully saturated rings. The Morgan fingerprint density at radius 1 is 1.19 bits per heavy atom. The zero-order valence-electron chi connectivity index (χ0n) is 16.9. The Balaban J connectivity index is 2.01. The number of ether oxygens (including phenoxy) is 1. The summed E-state index contributed by atoms with van der Waals surface area (Å²) in [7, 11) is 1.35. The number of aryl methyl sites for hydroxylation is 1. The highest BCUT2D eigenvalue weighted by atomic mass is 35.5. The molecule has 1 atom stereocenters. The second-order valence-electron chi connectivity index (χ2n) is 7.11. The molecule has 2 aromatic carbocycles. The maximum atomic E-state index is 14.6. The first kappa shape index (κ1) is 22.0. The van der Waals surface area contributed by atoms with Crippen LogP contribution in [-0.2, 0) is 9.59 Å². The molecule has 5 nitrogen and oxygen atoms in total. The number of aliphatic hydroxyl groups excluding tert-OH is 1. The maximum absolute atomic E-state index is 14.6. The number of hydrogen-bond donors (Lipinski definition) is 1. The number of rotatable bonds is 4. The monoisotopic (exact) mass is 475 g/mol. The van der Waals surface area contributed by atoms with Crippen LogP contribution in [0.3, 0.4) is 0 Å². The Bertz CT molecular complexity index is 1270. The van der Waals surface area contributed by atoms with Crippen molar-refractivity contribution < 1.29 is 28.2 Å². The van der Waals surface area contributed by atoms with E-state index in [4.69, 9.17) is 16.3 Å². The Morgan fingerprint density at radius 3 is 2.59 bits per heavy atom. The third-order valence-corrected chi connectivity index (χ3v) is 6.28. The van der Waals surface area contributed by atoms with Gasteiger partial charge in [-0.3, -0.25) is 14.5 Å². The zero-order chi connectivity index (χ0) is 23.2. The number of aliphatic hydroxyl groups is 1. The minimum atomic E-state index is -1.17. The molecule has 1 amide bonds. The van der Waals surface area contributed by atoms with Gasteiger partial charge in [0, 0.05) is 10.9 Å². The highest BCUT2D eigenvalue weighted by Gasteiger charge is 2.48. The molecule has 0 radical (unpaired) electrons. The van der Waals surface area contributed by atoms with Crippen LogP contribution in [-0.4, -0.2) is 23.9 Å². The second-order valence-corrected chi connectivity index (χ2v) is 8.49. The lowest BCUT2D eigenvalue weighted by Crippen LogP contribution is -2.30. The van der Waals surface area contributed by atoms with E-state index in [-0.39, 0.29) is 21.9 Å². The van der Waals surface area contributed by atoms with Gasteiger partial charge in [0.25, 0.3) is 11.7 Å². The van der Waals surface area contributed by atoms with Gasteiger partial charge in [-0.15, -0.1) is 11.3 Å². The van der Waals surface area contributed by atoms with E-state index < -0.39 is 40.8 Å². The minimum Gasteiger partial charge on any atom is -0.507 e. The minimum absolute atomic E-state index is 0.108. The summed E-state index contributed by atoms with van der Waals surface area (Å²) in [5, 5.41) is 13.1. The fourth-order valence-electron chi connectivity index (χ4n) is 3.72. The van der Waals surface area contributed by atoms with Gasteiger partial charge in [0.05, 0.1) is 29.0 Å². The number of methoxy groups -OCH3 is 1. The largest absolute Gasteiger partial charge is 0.507 e. The van der Waals surface area contributed by atoms with E-state index in [2.05, 4.69) is 0 Å². The average Bonchev–Trinajstić information content (AvgIpc) is 3.36. The summed E-state index contributed by atoms with van der Waals surface area (Å²) < 4.78 is 33.9. The van der Waals surface area contributed by atoms with Crippen LogP contribution < -0.4 is 9.64 Å². The van der Waals surface area contributed by atoms with Crippen molar-refractivity contribution in [3.63, 3.8) is 0 Å². The summed E-state index contributed by atoms with van der Waals surface area (Å²) in [6, 6.07) is 7.95. The van der Waals surface area contributed by atoms with Gasteiger partial charge >= 0.3 is 0 Å². The van der Waals surface area contributed by atoms with Crippen molar-refractivity contribution in [3.8, 4) is 5.75 Å². The quantitative estimate of drug-likeness (QED) is 0.302. The van der Waals surface area contributed by atoms with E-state index in [1.165, 1.54) is 18.4 Å². The van der Waals surface area contributed by atoms with Crippen molar-refractivity contribution in [2.24, 2.45) is 0 Å². The van der Waals surface area contributed by atoms with E-state index >= 15 is 0 Å². The molecular weight excluding hydrogens is 460 g/mol. The number of hydrogen-bond acceptors (Lipinski definition) is 5. The summed E-state index contributed by atoms with van der Waals surface area (Å²) in [5.41, 5.74) is 0.104. The van der Waals surface area contributed by atoms with Gasteiger partial charge in [0.15, 0.2) is 0 Å². The molecule has 164 valence electrons. The molecule has 1 unspecified atom stereocenters. The molecule has 1 aliphatic rings. The van der Waals surface area contributed by atoms with Crippen molar-refractivity contribution >= 4 is 46.1 Å². The Morgan fingerprint density at radius 2 is 1.94 bits per heavy atom. The van der Waals surface area contributed by atoms with Crippen molar-refractivity contribution in [1.29, 1.82) is 0 Å². The molecule has 2 heterocycles. The summed E-state index contributed by atoms with van der Waals surface area (Å²) in [4.78, 5) is 27.4. The van der Waals surface area contributed by atoms with Crippen LogP contribution >= 0.6 is 22.9 Å². The summed E-state index contributed by atoms with van der Waals surface area (Å²) in [6.45, 7) is 1.74. The first-order valence-corrected chi connectivity index (χ1v) is 10.6. The van der Waals surface area contributed by atoms with E-state index in [1.54, 1.807) is 36.6 Å². The second kappa shape index (κ2) is 8.37. The number of thiophene rings is 1. The first-order valence-electron chi connectivity index (χ1n) is 9.38. The fourth-order valence-corrected chi connectivity index (χ4v) is 4.90. The van der Waals surface area contributed by atoms with Crippen LogP contribution in [0.4, 0.5) is 14.5 Å². The van der Waals surface area contributed by atoms with Crippen LogP contribution in [0, 0.1) is 18.6 Å². The van der Waals surface area contributed by atoms with Gasteiger partial charge in [0.2, 0.25) is 0 Å². The van der Waals surface area contributed by atoms with Crippen LogP contribution in [0.5, 0.6) is 5.75 Å². The normalized spacial score (nSPS) is 17.8. The number of ketones is 1. The molecule has 9 heteroatoms. The molecule has 0 saturated carbocycles. The van der Waals surface area contributed by atoms with E-state index in [1.807, 2.05) is 0 Å². The van der Waals surface area contributed by atoms with Gasteiger partial charge in [-0.2, -0.15) is 0 Å². The Hall–Kier alpha value is -3.23. The maximum Gasteiger partial charge on any atom is 0.300 e. The lowest BCUT2D eigenvalue weighted by molar-refractivity contribution is -0.132. The number of anilines is 1. The summed E-state index contributed by atoms with van der Waals surface area (Å²) >= 11 is 7.44. The first-order chi connectivity index (χ1) is 15.2. The fraction of sp³-hybridized carbons (Fsp3) is 0.130. The lowest BCUT2D eigenvalue weighted by Gasteiger charge is -2.24. The van der Waals surface area contributed by atoms with Crippen LogP contribution in [0.1, 0.15) is 22.0 Å². The molecule has 4 rings (SSSR count). The standard InChI is InChI=1S/C23H16ClF2NO4S/c1-11-8-13(22(31-2)14(24)9-11)20(28)18-19(17-4-3-7-32-17)27(23(30)21(18)29)16-10-12(25)5-6-15(16)26/h3-10,19,28H,1-2H3/b20-18-. The molecule has 1 aromatic heterocycles. The van der Waals surface area contributed by atoms with E-state index in [0.717, 1.165) is 23.1 Å². The van der Waals surface area contributed by atoms with Gasteiger partial charge in [-0.25, -0.2) is 8.78 Å². The SMILES string of the molecule is COc1c(Cl)cc(C)cc1/C(O)=C1/C(=O)C(=O)N(c2cc(F)ccc2F)C1c1cccs1. The number of carbonyl (C=O) groups is 2. The third-order valence-electron chi connectivity index (χ3n) is 5.07. The molecule has 1 N–H and O–H groups in total. The number of amides is 1. The van der Waals surface area contributed by atoms with Crippen molar-refractivity contribution in [3.05, 3.63) is 86.1 Å². The highest BCUT2D eigenvalue weighted by Crippen LogP contribution is 2.46. The molecular formula is C23H16ClF2NO4S.